The van der Waals surface area contributed by atoms with Gasteiger partial charge in [0.15, 0.2) is 11.6 Å². The molecule has 0 N–H and O–H groups in total. The fourth-order valence-electron chi connectivity index (χ4n) is 4.03. The van der Waals surface area contributed by atoms with Crippen molar-refractivity contribution >= 4 is 69.3 Å². The van der Waals surface area contributed by atoms with Crippen molar-refractivity contribution in [1.82, 2.24) is 9.97 Å². The fraction of sp³-hybridized carbons (Fsp3) is 0.0556. The van der Waals surface area contributed by atoms with Crippen LogP contribution in [0.5, 0.6) is 0 Å². The standard InChI is InChI=1S/2C18H15N4S.Mo/c2*1-23-17-11-5-4-10-16(17)20-14-8-2-3-9-15(14)21-22-18-12-6-7-13-19-18;/h2*2-13H,1H3;/q2*-1;+2. The van der Waals surface area contributed by atoms with Gasteiger partial charge in [-0.2, -0.15) is 10.2 Å². The number of hydrogen-bond acceptors (Lipinski definition) is 8. The number of pyridine rings is 2. The number of hydrogen-bond donors (Lipinski definition) is 0. The molecule has 0 spiro atoms. The summed E-state index contributed by atoms with van der Waals surface area (Å²) in [5, 5.41) is 26.4. The van der Waals surface area contributed by atoms with Crippen LogP contribution < -0.4 is 0 Å². The van der Waals surface area contributed by atoms with Crippen molar-refractivity contribution in [2.75, 3.05) is 12.5 Å². The molecule has 0 atom stereocenters. The Morgan fingerprint density at radius 2 is 0.787 bits per heavy atom. The average molecular weight is 735 g/mol. The summed E-state index contributed by atoms with van der Waals surface area (Å²) in [6, 6.07) is 42.6. The number of thioether (sulfide) groups is 2. The van der Waals surface area contributed by atoms with Crippen molar-refractivity contribution in [3.8, 4) is 0 Å². The molecule has 2 aromatic heterocycles. The van der Waals surface area contributed by atoms with Crippen LogP contribution in [0.4, 0.5) is 45.8 Å². The molecule has 0 saturated carbocycles. The van der Waals surface area contributed by atoms with Crippen LogP contribution >= 0.6 is 23.5 Å². The summed E-state index contributed by atoms with van der Waals surface area (Å²) >= 11 is 3.35. The monoisotopic (exact) mass is 736 g/mol. The molecule has 0 fully saturated rings. The zero-order valence-corrected chi connectivity index (χ0v) is 29.3. The summed E-state index contributed by atoms with van der Waals surface area (Å²) in [5.41, 5.74) is 4.87. The van der Waals surface area contributed by atoms with E-state index in [4.69, 9.17) is 10.6 Å². The quantitative estimate of drug-likeness (QED) is 0.0794. The van der Waals surface area contributed by atoms with Gasteiger partial charge in [-0.1, -0.05) is 84.9 Å². The second-order valence-electron chi connectivity index (χ2n) is 9.32. The zero-order chi connectivity index (χ0) is 31.8. The number of nitrogens with zero attached hydrogens (tertiary/aromatic N) is 8. The van der Waals surface area contributed by atoms with Crippen molar-refractivity contribution in [3.05, 3.63) is 156 Å². The SMILES string of the molecule is CSc1ccccc1[N-]c1ccccc1N=Nc1ccccn1.CSc1ccccc1[N-]c1ccccc1N=Nc1ccccn1.[Mo+2]. The molecule has 0 bridgehead atoms. The fourth-order valence-corrected chi connectivity index (χ4v) is 5.10. The smallest absolute Gasteiger partial charge is 0.655 e. The molecule has 2 heterocycles. The molecule has 0 aliphatic rings. The topological polar surface area (TPSA) is 103 Å². The molecule has 0 amide bonds. The maximum Gasteiger partial charge on any atom is 2.00 e. The first-order chi connectivity index (χ1) is 22.7. The number of azo groups is 2. The number of benzene rings is 4. The van der Waals surface area contributed by atoms with Gasteiger partial charge in [-0.25, -0.2) is 9.97 Å². The van der Waals surface area contributed by atoms with Crippen molar-refractivity contribution in [2.45, 2.75) is 9.79 Å². The van der Waals surface area contributed by atoms with Gasteiger partial charge in [-0.3, -0.25) is 0 Å². The average Bonchev–Trinajstić information content (AvgIpc) is 3.12. The minimum absolute atomic E-state index is 0. The van der Waals surface area contributed by atoms with Crippen molar-refractivity contribution in [3.63, 3.8) is 0 Å². The number of para-hydroxylation sites is 4. The van der Waals surface area contributed by atoms with Gasteiger partial charge in [0.1, 0.15) is 0 Å². The molecular weight excluding hydrogens is 705 g/mol. The Bertz CT molecular complexity index is 1750. The summed E-state index contributed by atoms with van der Waals surface area (Å²) in [7, 11) is 0. The molecule has 232 valence electrons. The summed E-state index contributed by atoms with van der Waals surface area (Å²) in [5.74, 6) is 1.15. The van der Waals surface area contributed by atoms with E-state index < -0.39 is 0 Å². The normalized spacial score (nSPS) is 10.6. The Labute approximate surface area is 298 Å². The van der Waals surface area contributed by atoms with E-state index >= 15 is 0 Å². The van der Waals surface area contributed by atoms with Gasteiger partial charge >= 0.3 is 21.1 Å². The van der Waals surface area contributed by atoms with Crippen LogP contribution in [0.2, 0.25) is 0 Å². The predicted octanol–water partition coefficient (Wildman–Crippen LogP) is 13.1. The first kappa shape index (κ1) is 35.2. The third-order valence-electron chi connectivity index (χ3n) is 6.23. The van der Waals surface area contributed by atoms with E-state index in [1.807, 2.05) is 134 Å². The molecule has 0 aliphatic carbocycles. The number of aromatic nitrogens is 2. The minimum Gasteiger partial charge on any atom is -0.655 e. The summed E-state index contributed by atoms with van der Waals surface area (Å²) < 4.78 is 0. The molecular formula is C36H30MoN8S2. The van der Waals surface area contributed by atoms with E-state index in [9.17, 15) is 0 Å². The van der Waals surface area contributed by atoms with Crippen LogP contribution in [0.1, 0.15) is 0 Å². The van der Waals surface area contributed by atoms with Crippen molar-refractivity contribution < 1.29 is 21.1 Å². The Hall–Kier alpha value is -4.63. The molecule has 6 aromatic rings. The van der Waals surface area contributed by atoms with Gasteiger partial charge < -0.3 is 10.6 Å². The van der Waals surface area contributed by atoms with Gasteiger partial charge in [0.2, 0.25) is 0 Å². The molecule has 4 aromatic carbocycles. The van der Waals surface area contributed by atoms with Crippen LogP contribution in [0, 0.1) is 0 Å². The molecule has 47 heavy (non-hydrogen) atoms. The summed E-state index contributed by atoms with van der Waals surface area (Å²) in [6.45, 7) is 0. The van der Waals surface area contributed by atoms with Crippen LogP contribution in [0.3, 0.4) is 0 Å². The van der Waals surface area contributed by atoms with E-state index in [2.05, 4.69) is 42.6 Å². The van der Waals surface area contributed by atoms with Crippen LogP contribution in [0.25, 0.3) is 10.6 Å². The molecule has 11 heteroatoms. The minimum atomic E-state index is 0. The second kappa shape index (κ2) is 19.1. The largest absolute Gasteiger partial charge is 2.00 e. The molecule has 0 saturated heterocycles. The van der Waals surface area contributed by atoms with Gasteiger partial charge in [0.25, 0.3) is 0 Å². The van der Waals surface area contributed by atoms with Crippen LogP contribution in [0.15, 0.2) is 176 Å². The molecule has 6 rings (SSSR count). The maximum absolute atomic E-state index is 4.73. The molecule has 0 unspecified atom stereocenters. The Kier molecular flexibility index (Phi) is 14.3. The zero-order valence-electron chi connectivity index (χ0n) is 25.7. The third kappa shape index (κ3) is 10.7. The summed E-state index contributed by atoms with van der Waals surface area (Å²) in [4.78, 5) is 10.5. The molecule has 0 radical (unpaired) electrons. The van der Waals surface area contributed by atoms with Crippen molar-refractivity contribution in [1.29, 1.82) is 0 Å². The van der Waals surface area contributed by atoms with E-state index in [1.165, 1.54) is 0 Å². The van der Waals surface area contributed by atoms with E-state index in [0.29, 0.717) is 23.0 Å². The Morgan fingerprint density at radius 1 is 0.426 bits per heavy atom. The van der Waals surface area contributed by atoms with Gasteiger partial charge in [-0.15, -0.1) is 56.5 Å². The van der Waals surface area contributed by atoms with Crippen LogP contribution in [-0.2, 0) is 21.1 Å². The third-order valence-corrected chi connectivity index (χ3v) is 7.80. The molecule has 8 nitrogen and oxygen atoms in total. The Morgan fingerprint density at radius 3 is 1.17 bits per heavy atom. The first-order valence-electron chi connectivity index (χ1n) is 14.3. The summed E-state index contributed by atoms with van der Waals surface area (Å²) in [6.07, 6.45) is 7.47. The molecule has 0 aliphatic heterocycles. The second-order valence-corrected chi connectivity index (χ2v) is 11.0. The van der Waals surface area contributed by atoms with Gasteiger partial charge in [0, 0.05) is 12.4 Å². The van der Waals surface area contributed by atoms with Gasteiger partial charge in [-0.05, 0) is 70.8 Å². The predicted molar refractivity (Wildman–Crippen MR) is 192 cm³/mol. The maximum atomic E-state index is 4.73. The van der Waals surface area contributed by atoms with Gasteiger partial charge in [0.05, 0.1) is 11.4 Å². The Balaban J connectivity index is 0.000000208. The van der Waals surface area contributed by atoms with E-state index in [0.717, 1.165) is 32.5 Å². The van der Waals surface area contributed by atoms with E-state index in [1.54, 1.807) is 35.9 Å². The number of rotatable bonds is 10. The van der Waals surface area contributed by atoms with Crippen LogP contribution in [-0.4, -0.2) is 22.5 Å². The first-order valence-corrected chi connectivity index (χ1v) is 16.7. The van der Waals surface area contributed by atoms with E-state index in [-0.39, 0.29) is 21.1 Å². The van der Waals surface area contributed by atoms with Crippen molar-refractivity contribution in [2.24, 2.45) is 20.5 Å².